The largest absolute Gasteiger partial charge is 0.343 e. The molecule has 0 aromatic heterocycles. The molecule has 2 N–H and O–H groups in total. The maximum absolute atomic E-state index is 12.2. The highest BCUT2D eigenvalue weighted by molar-refractivity contribution is 5.85. The molecule has 0 aliphatic carbocycles. The number of carbonyl (C=O) groups is 1. The number of nitrogens with zero attached hydrogens (tertiary/aromatic N) is 1. The predicted molar refractivity (Wildman–Crippen MR) is 96.5 cm³/mol. The Morgan fingerprint density at radius 3 is 2.32 bits per heavy atom. The molecule has 3 nitrogen and oxygen atoms in total. The molecule has 0 spiro atoms. The van der Waals surface area contributed by atoms with Crippen molar-refractivity contribution in [1.82, 2.24) is 4.90 Å². The summed E-state index contributed by atoms with van der Waals surface area (Å²) in [6, 6.07) is 8.79. The third-order valence-corrected chi connectivity index (χ3v) is 4.05. The first kappa shape index (κ1) is 20.9. The number of nitrogens with two attached hydrogens (primary N) is 1. The second kappa shape index (κ2) is 11.5. The molecule has 22 heavy (non-hydrogen) atoms. The van der Waals surface area contributed by atoms with Crippen molar-refractivity contribution in [3.63, 3.8) is 0 Å². The van der Waals surface area contributed by atoms with Gasteiger partial charge in [-0.2, -0.15) is 0 Å². The minimum atomic E-state index is 0. The van der Waals surface area contributed by atoms with Crippen LogP contribution in [0, 0.1) is 6.92 Å². The van der Waals surface area contributed by atoms with E-state index in [4.69, 9.17) is 5.73 Å². The summed E-state index contributed by atoms with van der Waals surface area (Å²) in [5.41, 5.74) is 8.03. The van der Waals surface area contributed by atoms with Crippen LogP contribution in [0.15, 0.2) is 24.3 Å². The second-order valence-corrected chi connectivity index (χ2v) is 6.00. The summed E-state index contributed by atoms with van der Waals surface area (Å²) in [4.78, 5) is 14.1. The number of aryl methyl sites for hydroxylation is 1. The molecule has 126 valence electrons. The zero-order chi connectivity index (χ0) is 15.7. The van der Waals surface area contributed by atoms with Crippen molar-refractivity contribution in [1.29, 1.82) is 0 Å². The van der Waals surface area contributed by atoms with E-state index >= 15 is 0 Å². The van der Waals surface area contributed by atoms with Gasteiger partial charge in [-0.25, -0.2) is 0 Å². The normalized spacial score (nSPS) is 11.6. The molecule has 0 aliphatic heterocycles. The second-order valence-electron chi connectivity index (χ2n) is 6.00. The van der Waals surface area contributed by atoms with Crippen LogP contribution < -0.4 is 5.73 Å². The maximum Gasteiger partial charge on any atom is 0.222 e. The third-order valence-electron chi connectivity index (χ3n) is 4.05. The molecule has 1 rings (SSSR count). The Morgan fingerprint density at radius 1 is 1.14 bits per heavy atom. The Kier molecular flexibility index (Phi) is 10.9. The quantitative estimate of drug-likeness (QED) is 0.703. The molecular weight excluding hydrogens is 296 g/mol. The van der Waals surface area contributed by atoms with Gasteiger partial charge in [-0.1, -0.05) is 42.7 Å². The van der Waals surface area contributed by atoms with E-state index in [1.165, 1.54) is 11.1 Å². The van der Waals surface area contributed by atoms with Gasteiger partial charge in [0.05, 0.1) is 0 Å². The van der Waals surface area contributed by atoms with Crippen LogP contribution in [-0.2, 0) is 11.2 Å². The minimum absolute atomic E-state index is 0. The standard InChI is InChI=1S/C18H30N2O.ClH/c1-15-9-11-17(12-10-15)14-16(2)20(3)18(21)8-6-4-5-7-13-19;/h9-12,16H,4-8,13-14,19H2,1-3H3;1H. The van der Waals surface area contributed by atoms with Gasteiger partial charge in [0.2, 0.25) is 5.91 Å². The third kappa shape index (κ3) is 7.81. The molecule has 0 fully saturated rings. The van der Waals surface area contributed by atoms with Crippen molar-refractivity contribution in [2.75, 3.05) is 13.6 Å². The van der Waals surface area contributed by atoms with Gasteiger partial charge in [-0.15, -0.1) is 12.4 Å². The molecule has 0 radical (unpaired) electrons. The average molecular weight is 327 g/mol. The van der Waals surface area contributed by atoms with E-state index in [0.29, 0.717) is 6.42 Å². The van der Waals surface area contributed by atoms with Crippen molar-refractivity contribution < 1.29 is 4.79 Å². The van der Waals surface area contributed by atoms with Crippen molar-refractivity contribution >= 4 is 18.3 Å². The average Bonchev–Trinajstić information content (AvgIpc) is 2.48. The van der Waals surface area contributed by atoms with Crippen LogP contribution in [0.25, 0.3) is 0 Å². The summed E-state index contributed by atoms with van der Waals surface area (Å²) in [6.45, 7) is 4.96. The van der Waals surface area contributed by atoms with Gasteiger partial charge in [0, 0.05) is 19.5 Å². The lowest BCUT2D eigenvalue weighted by molar-refractivity contribution is -0.131. The number of hydrogen-bond acceptors (Lipinski definition) is 2. The van der Waals surface area contributed by atoms with Gasteiger partial charge in [0.1, 0.15) is 0 Å². The van der Waals surface area contributed by atoms with E-state index in [0.717, 1.165) is 38.6 Å². The molecule has 0 bridgehead atoms. The van der Waals surface area contributed by atoms with Crippen molar-refractivity contribution in [2.24, 2.45) is 5.73 Å². The maximum atomic E-state index is 12.2. The fraction of sp³-hybridized carbons (Fsp3) is 0.611. The molecule has 1 aromatic rings. The van der Waals surface area contributed by atoms with Gasteiger partial charge >= 0.3 is 0 Å². The highest BCUT2D eigenvalue weighted by Crippen LogP contribution is 2.11. The summed E-state index contributed by atoms with van der Waals surface area (Å²) in [5, 5.41) is 0. The van der Waals surface area contributed by atoms with Gasteiger partial charge in [0.15, 0.2) is 0 Å². The topological polar surface area (TPSA) is 46.3 Å². The molecular formula is C18H31ClN2O. The number of hydrogen-bond donors (Lipinski definition) is 1. The summed E-state index contributed by atoms with van der Waals surface area (Å²) in [6.07, 6.45) is 5.83. The Balaban J connectivity index is 0.00000441. The Bertz CT molecular complexity index is 420. The molecule has 1 unspecified atom stereocenters. The monoisotopic (exact) mass is 326 g/mol. The zero-order valence-corrected chi connectivity index (χ0v) is 15.0. The van der Waals surface area contributed by atoms with Crippen LogP contribution in [0.5, 0.6) is 0 Å². The summed E-state index contributed by atoms with van der Waals surface area (Å²) < 4.78 is 0. The SMILES string of the molecule is Cc1ccc(CC(C)N(C)C(=O)CCCCCCN)cc1.Cl. The number of halogens is 1. The van der Waals surface area contributed by atoms with Crippen LogP contribution >= 0.6 is 12.4 Å². The molecule has 4 heteroatoms. The van der Waals surface area contributed by atoms with Crippen LogP contribution in [0.2, 0.25) is 0 Å². The minimum Gasteiger partial charge on any atom is -0.343 e. The number of carbonyl (C=O) groups excluding carboxylic acids is 1. The number of rotatable bonds is 9. The van der Waals surface area contributed by atoms with E-state index < -0.39 is 0 Å². The van der Waals surface area contributed by atoms with Crippen molar-refractivity contribution in [3.05, 3.63) is 35.4 Å². The Morgan fingerprint density at radius 2 is 1.73 bits per heavy atom. The van der Waals surface area contributed by atoms with Crippen molar-refractivity contribution in [3.8, 4) is 0 Å². The first-order chi connectivity index (χ1) is 10.0. The highest BCUT2D eigenvalue weighted by atomic mass is 35.5. The first-order valence-electron chi connectivity index (χ1n) is 8.06. The Hall–Kier alpha value is -1.06. The zero-order valence-electron chi connectivity index (χ0n) is 14.2. The Labute approximate surface area is 141 Å². The molecule has 1 aromatic carbocycles. The predicted octanol–water partition coefficient (Wildman–Crippen LogP) is 3.72. The number of benzene rings is 1. The lowest BCUT2D eigenvalue weighted by atomic mass is 10.0. The molecule has 0 aliphatic rings. The summed E-state index contributed by atoms with van der Waals surface area (Å²) >= 11 is 0. The van der Waals surface area contributed by atoms with Crippen LogP contribution in [0.1, 0.15) is 50.2 Å². The summed E-state index contributed by atoms with van der Waals surface area (Å²) in [5.74, 6) is 0.252. The van der Waals surface area contributed by atoms with Gasteiger partial charge in [0.25, 0.3) is 0 Å². The molecule has 1 atom stereocenters. The van der Waals surface area contributed by atoms with Crippen LogP contribution in [0.3, 0.4) is 0 Å². The van der Waals surface area contributed by atoms with Gasteiger partial charge in [-0.05, 0) is 45.2 Å². The smallest absolute Gasteiger partial charge is 0.222 e. The number of amides is 1. The molecule has 0 saturated heterocycles. The first-order valence-corrected chi connectivity index (χ1v) is 8.06. The lowest BCUT2D eigenvalue weighted by Crippen LogP contribution is -2.36. The molecule has 1 amide bonds. The molecule has 0 saturated carbocycles. The van der Waals surface area contributed by atoms with Crippen LogP contribution in [-0.4, -0.2) is 30.4 Å². The fourth-order valence-electron chi connectivity index (χ4n) is 2.40. The van der Waals surface area contributed by atoms with E-state index in [1.807, 2.05) is 11.9 Å². The van der Waals surface area contributed by atoms with Crippen molar-refractivity contribution in [2.45, 2.75) is 58.4 Å². The van der Waals surface area contributed by atoms with Crippen LogP contribution in [0.4, 0.5) is 0 Å². The van der Waals surface area contributed by atoms with E-state index in [-0.39, 0.29) is 24.4 Å². The fourth-order valence-corrected chi connectivity index (χ4v) is 2.40. The highest BCUT2D eigenvalue weighted by Gasteiger charge is 2.15. The number of likely N-dealkylation sites (N-methyl/N-ethyl adjacent to an activating group) is 1. The van der Waals surface area contributed by atoms with Gasteiger partial charge in [-0.3, -0.25) is 4.79 Å². The lowest BCUT2D eigenvalue weighted by Gasteiger charge is -2.25. The van der Waals surface area contributed by atoms with Gasteiger partial charge < -0.3 is 10.6 Å². The van der Waals surface area contributed by atoms with E-state index in [2.05, 4.69) is 38.1 Å². The van der Waals surface area contributed by atoms with E-state index in [9.17, 15) is 4.79 Å². The molecule has 0 heterocycles. The number of unbranched alkanes of at least 4 members (excludes halogenated alkanes) is 3. The summed E-state index contributed by atoms with van der Waals surface area (Å²) in [7, 11) is 1.92. The van der Waals surface area contributed by atoms with E-state index in [1.54, 1.807) is 0 Å².